The van der Waals surface area contributed by atoms with Gasteiger partial charge in [-0.2, -0.15) is 0 Å². The first-order chi connectivity index (χ1) is 11.0. The van der Waals surface area contributed by atoms with Crippen molar-refractivity contribution in [2.24, 2.45) is 0 Å². The lowest BCUT2D eigenvalue weighted by molar-refractivity contribution is -0.137. The molecule has 0 atom stereocenters. The maximum atomic E-state index is 11.2. The molecular formula is C18H18N2O3. The van der Waals surface area contributed by atoms with Gasteiger partial charge in [0.15, 0.2) is 0 Å². The Morgan fingerprint density at radius 3 is 2.57 bits per heavy atom. The number of imidazole rings is 1. The molecule has 0 saturated carbocycles. The Hall–Kier alpha value is -2.82. The van der Waals surface area contributed by atoms with Crippen LogP contribution in [0.25, 0.3) is 11.0 Å². The summed E-state index contributed by atoms with van der Waals surface area (Å²) in [6.07, 6.45) is 0. The molecule has 118 valence electrons. The van der Waals surface area contributed by atoms with Crippen LogP contribution in [-0.2, 0) is 17.9 Å². The molecule has 3 rings (SSSR count). The largest absolute Gasteiger partial charge is 0.486 e. The SMILES string of the molecule is Cc1cc2nc(COc3ccccc3)n(CC(=O)O)c2cc1C. The van der Waals surface area contributed by atoms with Gasteiger partial charge < -0.3 is 14.4 Å². The summed E-state index contributed by atoms with van der Waals surface area (Å²) in [6.45, 7) is 4.12. The molecule has 23 heavy (non-hydrogen) atoms. The van der Waals surface area contributed by atoms with E-state index >= 15 is 0 Å². The highest BCUT2D eigenvalue weighted by molar-refractivity contribution is 5.80. The minimum atomic E-state index is -0.900. The van der Waals surface area contributed by atoms with Gasteiger partial charge in [-0.1, -0.05) is 18.2 Å². The van der Waals surface area contributed by atoms with Crippen LogP contribution in [0.15, 0.2) is 42.5 Å². The van der Waals surface area contributed by atoms with Crippen molar-refractivity contribution in [3.8, 4) is 5.75 Å². The average Bonchev–Trinajstić information content (AvgIpc) is 2.83. The number of hydrogen-bond acceptors (Lipinski definition) is 3. The maximum absolute atomic E-state index is 11.2. The molecule has 3 aromatic rings. The summed E-state index contributed by atoms with van der Waals surface area (Å²) in [5, 5.41) is 9.19. The zero-order valence-electron chi connectivity index (χ0n) is 13.1. The summed E-state index contributed by atoms with van der Waals surface area (Å²) in [6, 6.07) is 13.4. The molecule has 0 bridgehead atoms. The Kier molecular flexibility index (Phi) is 4.02. The Balaban J connectivity index is 1.99. The Labute approximate surface area is 134 Å². The first-order valence-electron chi connectivity index (χ1n) is 7.40. The number of benzene rings is 2. The van der Waals surface area contributed by atoms with Crippen LogP contribution in [0.2, 0.25) is 0 Å². The third-order valence-electron chi connectivity index (χ3n) is 3.85. The lowest BCUT2D eigenvalue weighted by atomic mass is 10.1. The third kappa shape index (κ3) is 3.18. The molecule has 0 unspecified atom stereocenters. The van der Waals surface area contributed by atoms with Gasteiger partial charge in [-0.05, 0) is 49.2 Å². The van der Waals surface area contributed by atoms with Gasteiger partial charge in [-0.3, -0.25) is 4.79 Å². The molecule has 0 spiro atoms. The molecule has 0 aliphatic heterocycles. The zero-order valence-corrected chi connectivity index (χ0v) is 13.1. The normalized spacial score (nSPS) is 10.9. The van der Waals surface area contributed by atoms with Gasteiger partial charge >= 0.3 is 5.97 Å². The summed E-state index contributed by atoms with van der Waals surface area (Å²) < 4.78 is 7.43. The number of fused-ring (bicyclic) bond motifs is 1. The van der Waals surface area contributed by atoms with E-state index in [0.29, 0.717) is 5.82 Å². The minimum absolute atomic E-state index is 0.132. The summed E-state index contributed by atoms with van der Waals surface area (Å²) in [5.74, 6) is 0.438. The van der Waals surface area contributed by atoms with Crippen molar-refractivity contribution in [2.45, 2.75) is 27.0 Å². The average molecular weight is 310 g/mol. The maximum Gasteiger partial charge on any atom is 0.323 e. The molecule has 0 saturated heterocycles. The number of carboxylic acids is 1. The fraction of sp³-hybridized carbons (Fsp3) is 0.222. The van der Waals surface area contributed by atoms with Crippen molar-refractivity contribution in [3.63, 3.8) is 0 Å². The number of carbonyl (C=O) groups is 1. The second-order valence-corrected chi connectivity index (χ2v) is 5.53. The predicted molar refractivity (Wildman–Crippen MR) is 87.6 cm³/mol. The van der Waals surface area contributed by atoms with Crippen LogP contribution < -0.4 is 4.74 Å². The minimum Gasteiger partial charge on any atom is -0.486 e. The van der Waals surface area contributed by atoms with E-state index in [1.54, 1.807) is 4.57 Å². The van der Waals surface area contributed by atoms with Crippen LogP contribution in [0.4, 0.5) is 0 Å². The number of aromatic nitrogens is 2. The van der Waals surface area contributed by atoms with Crippen molar-refractivity contribution in [3.05, 3.63) is 59.4 Å². The molecule has 0 fully saturated rings. The monoisotopic (exact) mass is 310 g/mol. The fourth-order valence-electron chi connectivity index (χ4n) is 2.52. The number of para-hydroxylation sites is 1. The van der Waals surface area contributed by atoms with Crippen molar-refractivity contribution < 1.29 is 14.6 Å². The molecular weight excluding hydrogens is 292 g/mol. The van der Waals surface area contributed by atoms with Gasteiger partial charge in [-0.15, -0.1) is 0 Å². The van der Waals surface area contributed by atoms with Crippen molar-refractivity contribution in [1.82, 2.24) is 9.55 Å². The first-order valence-corrected chi connectivity index (χ1v) is 7.40. The fourth-order valence-corrected chi connectivity index (χ4v) is 2.52. The molecule has 0 aliphatic carbocycles. The lowest BCUT2D eigenvalue weighted by Gasteiger charge is -2.09. The van der Waals surface area contributed by atoms with Gasteiger partial charge in [0, 0.05) is 0 Å². The number of ether oxygens (including phenoxy) is 1. The van der Waals surface area contributed by atoms with Gasteiger partial charge in [0.1, 0.15) is 24.7 Å². The summed E-state index contributed by atoms with van der Waals surface area (Å²) in [4.78, 5) is 15.8. The van der Waals surface area contributed by atoms with Crippen molar-refractivity contribution >= 4 is 17.0 Å². The van der Waals surface area contributed by atoms with E-state index in [0.717, 1.165) is 27.9 Å². The number of rotatable bonds is 5. The van der Waals surface area contributed by atoms with E-state index in [1.807, 2.05) is 56.3 Å². The van der Waals surface area contributed by atoms with Gasteiger partial charge in [0.05, 0.1) is 11.0 Å². The van der Waals surface area contributed by atoms with Crippen LogP contribution in [0, 0.1) is 13.8 Å². The van der Waals surface area contributed by atoms with Crippen LogP contribution >= 0.6 is 0 Å². The highest BCUT2D eigenvalue weighted by Crippen LogP contribution is 2.22. The van der Waals surface area contributed by atoms with Crippen LogP contribution in [0.1, 0.15) is 17.0 Å². The zero-order chi connectivity index (χ0) is 16.4. The molecule has 0 amide bonds. The summed E-state index contributed by atoms with van der Waals surface area (Å²) in [7, 11) is 0. The van der Waals surface area contributed by atoms with Crippen LogP contribution in [0.5, 0.6) is 5.75 Å². The smallest absolute Gasteiger partial charge is 0.323 e. The number of aliphatic carboxylic acids is 1. The van der Waals surface area contributed by atoms with E-state index in [9.17, 15) is 9.90 Å². The molecule has 0 radical (unpaired) electrons. The summed E-state index contributed by atoms with van der Waals surface area (Å²) in [5.41, 5.74) is 3.86. The number of hydrogen-bond donors (Lipinski definition) is 1. The topological polar surface area (TPSA) is 64.4 Å². The standard InChI is InChI=1S/C18H18N2O3/c1-12-8-15-16(9-13(12)2)20(10-18(21)22)17(19-15)11-23-14-6-4-3-5-7-14/h3-9H,10-11H2,1-2H3,(H,21,22). The van der Waals surface area contributed by atoms with Gasteiger partial charge in [-0.25, -0.2) is 4.98 Å². The Morgan fingerprint density at radius 2 is 1.87 bits per heavy atom. The second kappa shape index (κ2) is 6.12. The van der Waals surface area contributed by atoms with E-state index < -0.39 is 5.97 Å². The highest BCUT2D eigenvalue weighted by atomic mass is 16.5. The molecule has 1 N–H and O–H groups in total. The van der Waals surface area contributed by atoms with Gasteiger partial charge in [0.25, 0.3) is 0 Å². The number of aryl methyl sites for hydroxylation is 2. The second-order valence-electron chi connectivity index (χ2n) is 5.53. The predicted octanol–water partition coefficient (Wildman–Crippen LogP) is 3.32. The molecule has 5 heteroatoms. The number of nitrogens with zero attached hydrogens (tertiary/aromatic N) is 2. The van der Waals surface area contributed by atoms with Crippen molar-refractivity contribution in [2.75, 3.05) is 0 Å². The highest BCUT2D eigenvalue weighted by Gasteiger charge is 2.15. The van der Waals surface area contributed by atoms with E-state index in [-0.39, 0.29) is 13.2 Å². The molecule has 2 aromatic carbocycles. The first kappa shape index (κ1) is 15.1. The lowest BCUT2D eigenvalue weighted by Crippen LogP contribution is -2.13. The quantitative estimate of drug-likeness (QED) is 0.785. The summed E-state index contributed by atoms with van der Waals surface area (Å²) >= 11 is 0. The molecule has 5 nitrogen and oxygen atoms in total. The molecule has 1 heterocycles. The van der Waals surface area contributed by atoms with Crippen molar-refractivity contribution in [1.29, 1.82) is 0 Å². The Morgan fingerprint density at radius 1 is 1.17 bits per heavy atom. The van der Waals surface area contributed by atoms with Crippen LogP contribution in [-0.4, -0.2) is 20.6 Å². The Bertz CT molecular complexity index is 854. The number of carboxylic acid groups (broad SMARTS) is 1. The third-order valence-corrected chi connectivity index (χ3v) is 3.85. The van der Waals surface area contributed by atoms with Gasteiger partial charge in [0.2, 0.25) is 0 Å². The van der Waals surface area contributed by atoms with E-state index in [1.165, 1.54) is 0 Å². The van der Waals surface area contributed by atoms with Crippen LogP contribution in [0.3, 0.4) is 0 Å². The molecule has 0 aliphatic rings. The van der Waals surface area contributed by atoms with E-state index in [4.69, 9.17) is 4.74 Å². The van der Waals surface area contributed by atoms with E-state index in [2.05, 4.69) is 4.98 Å². The molecule has 1 aromatic heterocycles.